The van der Waals surface area contributed by atoms with Crippen molar-refractivity contribution in [3.05, 3.63) is 29.8 Å². The van der Waals surface area contributed by atoms with Crippen LogP contribution in [0.2, 0.25) is 0 Å². The van der Waals surface area contributed by atoms with Gasteiger partial charge < -0.3 is 9.94 Å². The van der Waals surface area contributed by atoms with E-state index in [1.54, 1.807) is 7.11 Å². The van der Waals surface area contributed by atoms with Crippen molar-refractivity contribution in [3.63, 3.8) is 0 Å². The van der Waals surface area contributed by atoms with Crippen LogP contribution in [0.25, 0.3) is 0 Å². The summed E-state index contributed by atoms with van der Waals surface area (Å²) in [5, 5.41) is 11.2. The van der Waals surface area contributed by atoms with Crippen molar-refractivity contribution in [2.75, 3.05) is 20.2 Å². The van der Waals surface area contributed by atoms with Gasteiger partial charge in [0, 0.05) is 13.1 Å². The van der Waals surface area contributed by atoms with Gasteiger partial charge in [-0.1, -0.05) is 32.0 Å². The molecule has 1 aromatic rings. The lowest BCUT2D eigenvalue weighted by molar-refractivity contribution is -0.0924. The number of nitrogens with zero attached hydrogens (tertiary/aromatic N) is 1. The van der Waals surface area contributed by atoms with Crippen molar-refractivity contribution in [2.45, 2.75) is 39.5 Å². The summed E-state index contributed by atoms with van der Waals surface area (Å²) < 4.78 is 5.32. The van der Waals surface area contributed by atoms with E-state index in [2.05, 4.69) is 19.9 Å². The molecule has 3 heteroatoms. The monoisotopic (exact) mass is 265 g/mol. The van der Waals surface area contributed by atoms with Crippen molar-refractivity contribution in [1.29, 1.82) is 0 Å². The molecule has 0 aliphatic rings. The van der Waals surface area contributed by atoms with E-state index in [0.717, 1.165) is 38.1 Å². The summed E-state index contributed by atoms with van der Waals surface area (Å²) in [5.74, 6) is 1.65. The lowest BCUT2D eigenvalue weighted by Crippen LogP contribution is -2.22. The SMILES string of the molecule is COc1ccccc1CCCN(O)CCCC(C)C. The van der Waals surface area contributed by atoms with E-state index in [9.17, 15) is 5.21 Å². The highest BCUT2D eigenvalue weighted by Crippen LogP contribution is 2.18. The van der Waals surface area contributed by atoms with Crippen molar-refractivity contribution in [3.8, 4) is 5.75 Å². The van der Waals surface area contributed by atoms with Crippen LogP contribution in [0.4, 0.5) is 0 Å². The second-order valence-electron chi connectivity index (χ2n) is 5.41. The van der Waals surface area contributed by atoms with E-state index in [1.165, 1.54) is 17.0 Å². The maximum Gasteiger partial charge on any atom is 0.122 e. The van der Waals surface area contributed by atoms with Gasteiger partial charge in [0.25, 0.3) is 0 Å². The van der Waals surface area contributed by atoms with Gasteiger partial charge in [0.2, 0.25) is 0 Å². The Balaban J connectivity index is 2.22. The predicted molar refractivity (Wildman–Crippen MR) is 78.7 cm³/mol. The van der Waals surface area contributed by atoms with Crippen LogP contribution >= 0.6 is 0 Å². The molecule has 0 unspecified atom stereocenters. The number of hydroxylamine groups is 2. The quantitative estimate of drug-likeness (QED) is 0.690. The van der Waals surface area contributed by atoms with Crippen LogP contribution in [-0.4, -0.2) is 30.5 Å². The fourth-order valence-corrected chi connectivity index (χ4v) is 2.16. The van der Waals surface area contributed by atoms with Crippen molar-refractivity contribution in [2.24, 2.45) is 5.92 Å². The highest BCUT2D eigenvalue weighted by Gasteiger charge is 2.04. The normalized spacial score (nSPS) is 11.3. The largest absolute Gasteiger partial charge is 0.496 e. The van der Waals surface area contributed by atoms with Gasteiger partial charge in [-0.05, 0) is 43.2 Å². The van der Waals surface area contributed by atoms with Crippen LogP contribution in [0, 0.1) is 5.92 Å². The minimum absolute atomic E-state index is 0.710. The number of benzene rings is 1. The molecule has 1 rings (SSSR count). The fourth-order valence-electron chi connectivity index (χ4n) is 2.16. The fraction of sp³-hybridized carbons (Fsp3) is 0.625. The number of rotatable bonds is 9. The smallest absolute Gasteiger partial charge is 0.122 e. The summed E-state index contributed by atoms with van der Waals surface area (Å²) in [6.45, 7) is 5.91. The van der Waals surface area contributed by atoms with Crippen LogP contribution in [-0.2, 0) is 6.42 Å². The minimum atomic E-state index is 0.710. The molecule has 19 heavy (non-hydrogen) atoms. The first kappa shape index (κ1) is 16.0. The van der Waals surface area contributed by atoms with Gasteiger partial charge in [-0.25, -0.2) is 0 Å². The number of ether oxygens (including phenoxy) is 1. The number of hydrogen-bond donors (Lipinski definition) is 1. The van der Waals surface area contributed by atoms with Gasteiger partial charge in [-0.3, -0.25) is 0 Å². The Bertz CT molecular complexity index is 352. The van der Waals surface area contributed by atoms with E-state index in [0.29, 0.717) is 5.92 Å². The Labute approximate surface area is 117 Å². The molecule has 0 aromatic heterocycles. The minimum Gasteiger partial charge on any atom is -0.496 e. The third-order valence-corrected chi connectivity index (χ3v) is 3.25. The summed E-state index contributed by atoms with van der Waals surface area (Å²) in [6, 6.07) is 8.07. The molecule has 0 aliphatic heterocycles. The zero-order valence-corrected chi connectivity index (χ0v) is 12.4. The van der Waals surface area contributed by atoms with E-state index in [-0.39, 0.29) is 0 Å². The zero-order chi connectivity index (χ0) is 14.1. The first-order valence-electron chi connectivity index (χ1n) is 7.19. The number of aryl methyl sites for hydroxylation is 1. The second-order valence-corrected chi connectivity index (χ2v) is 5.41. The van der Waals surface area contributed by atoms with Crippen LogP contribution in [0.15, 0.2) is 24.3 Å². The maximum atomic E-state index is 9.77. The first-order chi connectivity index (χ1) is 9.13. The van der Waals surface area contributed by atoms with E-state index >= 15 is 0 Å². The summed E-state index contributed by atoms with van der Waals surface area (Å²) in [7, 11) is 1.70. The molecule has 0 saturated carbocycles. The summed E-state index contributed by atoms with van der Waals surface area (Å²) in [4.78, 5) is 0. The van der Waals surface area contributed by atoms with E-state index in [1.807, 2.05) is 18.2 Å². The third kappa shape index (κ3) is 6.60. The van der Waals surface area contributed by atoms with Gasteiger partial charge in [0.05, 0.1) is 7.11 Å². The topological polar surface area (TPSA) is 32.7 Å². The van der Waals surface area contributed by atoms with Gasteiger partial charge in [-0.15, -0.1) is 0 Å². The first-order valence-corrected chi connectivity index (χ1v) is 7.19. The van der Waals surface area contributed by atoms with Gasteiger partial charge in [0.15, 0.2) is 0 Å². The lowest BCUT2D eigenvalue weighted by Gasteiger charge is -2.15. The number of para-hydroxylation sites is 1. The summed E-state index contributed by atoms with van der Waals surface area (Å²) in [6.07, 6.45) is 4.11. The Morgan fingerprint density at radius 1 is 1.16 bits per heavy atom. The lowest BCUT2D eigenvalue weighted by atomic mass is 10.1. The molecule has 0 radical (unpaired) electrons. The molecule has 0 spiro atoms. The second kappa shape index (κ2) is 8.94. The zero-order valence-electron chi connectivity index (χ0n) is 12.4. The highest BCUT2D eigenvalue weighted by molar-refractivity contribution is 5.33. The Morgan fingerprint density at radius 3 is 2.53 bits per heavy atom. The molecule has 3 nitrogen and oxygen atoms in total. The average molecular weight is 265 g/mol. The van der Waals surface area contributed by atoms with Crippen LogP contribution < -0.4 is 4.74 Å². The molecule has 0 aliphatic carbocycles. The summed E-state index contributed by atoms with van der Waals surface area (Å²) >= 11 is 0. The molecule has 0 fully saturated rings. The van der Waals surface area contributed by atoms with Crippen molar-refractivity contribution in [1.82, 2.24) is 5.06 Å². The van der Waals surface area contributed by atoms with Gasteiger partial charge in [-0.2, -0.15) is 5.06 Å². The highest BCUT2D eigenvalue weighted by atomic mass is 16.5. The van der Waals surface area contributed by atoms with E-state index in [4.69, 9.17) is 4.74 Å². The molecular weight excluding hydrogens is 238 g/mol. The Hall–Kier alpha value is -1.06. The average Bonchev–Trinajstić information content (AvgIpc) is 2.39. The number of hydrogen-bond acceptors (Lipinski definition) is 3. The molecule has 108 valence electrons. The standard InChI is InChI=1S/C16H27NO2/c1-14(2)8-6-12-17(18)13-7-10-15-9-4-5-11-16(15)19-3/h4-5,9,11,14,18H,6-8,10,12-13H2,1-3H3. The maximum absolute atomic E-state index is 9.77. The molecule has 0 bridgehead atoms. The van der Waals surface area contributed by atoms with Crippen molar-refractivity contribution >= 4 is 0 Å². The third-order valence-electron chi connectivity index (χ3n) is 3.25. The molecule has 0 atom stereocenters. The van der Waals surface area contributed by atoms with Gasteiger partial charge in [0.1, 0.15) is 5.75 Å². The van der Waals surface area contributed by atoms with Crippen LogP contribution in [0.3, 0.4) is 0 Å². The van der Waals surface area contributed by atoms with Crippen LogP contribution in [0.5, 0.6) is 5.75 Å². The van der Waals surface area contributed by atoms with Gasteiger partial charge >= 0.3 is 0 Å². The molecule has 0 amide bonds. The number of methoxy groups -OCH3 is 1. The van der Waals surface area contributed by atoms with E-state index < -0.39 is 0 Å². The molecule has 0 heterocycles. The molecular formula is C16H27NO2. The Morgan fingerprint density at radius 2 is 1.84 bits per heavy atom. The molecule has 1 N–H and O–H groups in total. The molecule has 0 saturated heterocycles. The summed E-state index contributed by atoms with van der Waals surface area (Å²) in [5.41, 5.74) is 1.21. The molecule has 1 aromatic carbocycles. The van der Waals surface area contributed by atoms with Crippen LogP contribution in [0.1, 0.15) is 38.7 Å². The van der Waals surface area contributed by atoms with Crippen molar-refractivity contribution < 1.29 is 9.94 Å². The predicted octanol–water partition coefficient (Wildman–Crippen LogP) is 3.76. The Kier molecular flexibility index (Phi) is 7.53.